The Morgan fingerprint density at radius 3 is 2.43 bits per heavy atom. The van der Waals surface area contributed by atoms with Gasteiger partial charge in [0.05, 0.1) is 0 Å². The molecule has 1 saturated heterocycles. The van der Waals surface area contributed by atoms with Crippen LogP contribution in [0.25, 0.3) is 0 Å². The first-order valence-electron chi connectivity index (χ1n) is 8.71. The van der Waals surface area contributed by atoms with Crippen molar-refractivity contribution in [3.8, 4) is 0 Å². The molecule has 1 fully saturated rings. The Bertz CT molecular complexity index is 471. The summed E-state index contributed by atoms with van der Waals surface area (Å²) in [7, 11) is 8.25. The molecule has 0 spiro atoms. The molecule has 4 heteroatoms. The van der Waals surface area contributed by atoms with Crippen LogP contribution in [0.3, 0.4) is 0 Å². The maximum Gasteiger partial charge on any atom is 0.195 e. The molecule has 0 N–H and O–H groups in total. The number of guanidine groups is 1. The Labute approximate surface area is 141 Å². The lowest BCUT2D eigenvalue weighted by Crippen LogP contribution is -2.36. The Hall–Kier alpha value is -1.55. The SMILES string of the molecule is CN(C)C(=NCC1CCCCN(Cc2ccccc2)C1)N(C)C. The summed E-state index contributed by atoms with van der Waals surface area (Å²) in [5, 5.41) is 0. The number of benzene rings is 1. The average Bonchev–Trinajstić information content (AvgIpc) is 2.73. The van der Waals surface area contributed by atoms with E-state index in [0.717, 1.165) is 25.6 Å². The third-order valence-corrected chi connectivity index (χ3v) is 4.39. The molecule has 0 aliphatic carbocycles. The first-order chi connectivity index (χ1) is 11.1. The van der Waals surface area contributed by atoms with Crippen LogP contribution < -0.4 is 0 Å². The van der Waals surface area contributed by atoms with Gasteiger partial charge in [-0.15, -0.1) is 0 Å². The largest absolute Gasteiger partial charge is 0.349 e. The Morgan fingerprint density at radius 1 is 1.09 bits per heavy atom. The van der Waals surface area contributed by atoms with Crippen molar-refractivity contribution in [3.63, 3.8) is 0 Å². The van der Waals surface area contributed by atoms with Gasteiger partial charge in [-0.2, -0.15) is 0 Å². The summed E-state index contributed by atoms with van der Waals surface area (Å²) < 4.78 is 0. The molecule has 23 heavy (non-hydrogen) atoms. The van der Waals surface area contributed by atoms with Crippen LogP contribution in [0.4, 0.5) is 0 Å². The molecule has 0 saturated carbocycles. The summed E-state index contributed by atoms with van der Waals surface area (Å²) in [6, 6.07) is 10.8. The predicted octanol–water partition coefficient (Wildman–Crippen LogP) is 2.77. The van der Waals surface area contributed by atoms with E-state index < -0.39 is 0 Å². The topological polar surface area (TPSA) is 22.1 Å². The quantitative estimate of drug-likeness (QED) is 0.630. The van der Waals surface area contributed by atoms with Gasteiger partial charge in [0, 0.05) is 47.8 Å². The molecule has 4 nitrogen and oxygen atoms in total. The van der Waals surface area contributed by atoms with Crippen molar-refractivity contribution in [2.75, 3.05) is 47.8 Å². The van der Waals surface area contributed by atoms with E-state index in [0.29, 0.717) is 5.92 Å². The first kappa shape index (κ1) is 17.8. The minimum Gasteiger partial charge on any atom is -0.349 e. The third-order valence-electron chi connectivity index (χ3n) is 4.39. The summed E-state index contributed by atoms with van der Waals surface area (Å²) in [5.41, 5.74) is 1.42. The molecule has 1 aromatic rings. The molecule has 1 unspecified atom stereocenters. The van der Waals surface area contributed by atoms with E-state index in [1.165, 1.54) is 31.4 Å². The maximum absolute atomic E-state index is 4.87. The van der Waals surface area contributed by atoms with Crippen LogP contribution in [-0.2, 0) is 6.54 Å². The van der Waals surface area contributed by atoms with Gasteiger partial charge >= 0.3 is 0 Å². The first-order valence-corrected chi connectivity index (χ1v) is 8.71. The van der Waals surface area contributed by atoms with Gasteiger partial charge in [0.2, 0.25) is 0 Å². The van der Waals surface area contributed by atoms with Gasteiger partial charge in [0.1, 0.15) is 0 Å². The summed E-state index contributed by atoms with van der Waals surface area (Å²) in [6.45, 7) is 4.36. The molecule has 1 aromatic carbocycles. The molecule has 0 aromatic heterocycles. The average molecular weight is 316 g/mol. The fourth-order valence-electron chi connectivity index (χ4n) is 3.34. The molecule has 1 aliphatic rings. The van der Waals surface area contributed by atoms with E-state index in [-0.39, 0.29) is 0 Å². The van der Waals surface area contributed by atoms with Gasteiger partial charge < -0.3 is 9.80 Å². The van der Waals surface area contributed by atoms with Crippen molar-refractivity contribution in [2.45, 2.75) is 25.8 Å². The highest BCUT2D eigenvalue weighted by molar-refractivity contribution is 5.79. The van der Waals surface area contributed by atoms with E-state index in [2.05, 4.69) is 73.2 Å². The molecule has 1 heterocycles. The number of hydrogen-bond donors (Lipinski definition) is 0. The zero-order valence-electron chi connectivity index (χ0n) is 15.2. The van der Waals surface area contributed by atoms with Crippen molar-refractivity contribution in [1.29, 1.82) is 0 Å². The summed E-state index contributed by atoms with van der Waals surface area (Å²) in [4.78, 5) is 11.7. The second-order valence-corrected chi connectivity index (χ2v) is 7.01. The van der Waals surface area contributed by atoms with Crippen molar-refractivity contribution in [3.05, 3.63) is 35.9 Å². The van der Waals surface area contributed by atoms with Crippen LogP contribution in [0.5, 0.6) is 0 Å². The van der Waals surface area contributed by atoms with E-state index in [1.54, 1.807) is 0 Å². The zero-order chi connectivity index (χ0) is 16.7. The number of hydrogen-bond acceptors (Lipinski definition) is 2. The van der Waals surface area contributed by atoms with Crippen LogP contribution in [0.2, 0.25) is 0 Å². The van der Waals surface area contributed by atoms with Gasteiger partial charge in [-0.05, 0) is 30.9 Å². The second kappa shape index (κ2) is 8.92. The molecule has 0 amide bonds. The van der Waals surface area contributed by atoms with Crippen LogP contribution >= 0.6 is 0 Å². The van der Waals surface area contributed by atoms with E-state index in [9.17, 15) is 0 Å². The van der Waals surface area contributed by atoms with E-state index in [4.69, 9.17) is 4.99 Å². The van der Waals surface area contributed by atoms with E-state index >= 15 is 0 Å². The molecular weight excluding hydrogens is 284 g/mol. The maximum atomic E-state index is 4.87. The molecule has 128 valence electrons. The van der Waals surface area contributed by atoms with Crippen molar-refractivity contribution >= 4 is 5.96 Å². The fraction of sp³-hybridized carbons (Fsp3) is 0.632. The number of aliphatic imine (C=N–C) groups is 1. The van der Waals surface area contributed by atoms with Crippen molar-refractivity contribution < 1.29 is 0 Å². The normalized spacial score (nSPS) is 19.0. The zero-order valence-corrected chi connectivity index (χ0v) is 15.2. The minimum atomic E-state index is 0.663. The Kier molecular flexibility index (Phi) is 6.90. The predicted molar refractivity (Wildman–Crippen MR) is 98.7 cm³/mol. The van der Waals surface area contributed by atoms with Crippen LogP contribution in [0.1, 0.15) is 24.8 Å². The minimum absolute atomic E-state index is 0.663. The van der Waals surface area contributed by atoms with Gasteiger partial charge in [-0.1, -0.05) is 36.8 Å². The smallest absolute Gasteiger partial charge is 0.195 e. The standard InChI is InChI=1S/C19H32N4/c1-21(2)19(22(3)4)20-14-18-12-8-9-13-23(16-18)15-17-10-6-5-7-11-17/h5-7,10-11,18H,8-9,12-16H2,1-4H3. The van der Waals surface area contributed by atoms with Crippen LogP contribution in [-0.4, -0.2) is 68.5 Å². The molecule has 0 bridgehead atoms. The van der Waals surface area contributed by atoms with Gasteiger partial charge in [0.15, 0.2) is 5.96 Å². The molecular formula is C19H32N4. The van der Waals surface area contributed by atoms with Crippen molar-refractivity contribution in [2.24, 2.45) is 10.9 Å². The third kappa shape index (κ3) is 5.87. The van der Waals surface area contributed by atoms with Gasteiger partial charge in [-0.25, -0.2) is 0 Å². The van der Waals surface area contributed by atoms with Crippen molar-refractivity contribution in [1.82, 2.24) is 14.7 Å². The summed E-state index contributed by atoms with van der Waals surface area (Å²) in [5.74, 6) is 1.72. The summed E-state index contributed by atoms with van der Waals surface area (Å²) >= 11 is 0. The lowest BCUT2D eigenvalue weighted by molar-refractivity contribution is 0.243. The number of likely N-dealkylation sites (tertiary alicyclic amines) is 1. The highest BCUT2D eigenvalue weighted by atomic mass is 15.3. The lowest BCUT2D eigenvalue weighted by atomic mass is 10.0. The molecule has 1 atom stereocenters. The van der Waals surface area contributed by atoms with Crippen LogP contribution in [0.15, 0.2) is 35.3 Å². The monoisotopic (exact) mass is 316 g/mol. The molecule has 1 aliphatic heterocycles. The van der Waals surface area contributed by atoms with Gasteiger partial charge in [-0.3, -0.25) is 9.89 Å². The Balaban J connectivity index is 1.95. The second-order valence-electron chi connectivity index (χ2n) is 7.01. The fourth-order valence-corrected chi connectivity index (χ4v) is 3.34. The lowest BCUT2D eigenvalue weighted by Gasteiger charge is -2.26. The van der Waals surface area contributed by atoms with Crippen LogP contribution in [0, 0.1) is 5.92 Å². The highest BCUT2D eigenvalue weighted by Gasteiger charge is 2.18. The Morgan fingerprint density at radius 2 is 1.78 bits per heavy atom. The number of nitrogens with zero attached hydrogens (tertiary/aromatic N) is 4. The number of rotatable bonds is 4. The van der Waals surface area contributed by atoms with Gasteiger partial charge in [0.25, 0.3) is 0 Å². The molecule has 2 rings (SSSR count). The molecule has 0 radical (unpaired) electrons. The summed E-state index contributed by atoms with van der Waals surface area (Å²) in [6.07, 6.45) is 3.93. The van der Waals surface area contributed by atoms with E-state index in [1.807, 2.05) is 0 Å². The highest BCUT2D eigenvalue weighted by Crippen LogP contribution is 2.19.